The Morgan fingerprint density at radius 1 is 1.11 bits per heavy atom. The second-order valence-corrected chi connectivity index (χ2v) is 8.45. The molecule has 6 heteroatoms. The zero-order chi connectivity index (χ0) is 19.3. The molecule has 0 radical (unpaired) electrons. The van der Waals surface area contributed by atoms with Crippen molar-refractivity contribution in [2.24, 2.45) is 0 Å². The van der Waals surface area contributed by atoms with Gasteiger partial charge in [0, 0.05) is 71.9 Å². The zero-order valence-corrected chi connectivity index (χ0v) is 16.9. The number of anilines is 1. The second kappa shape index (κ2) is 8.88. The van der Waals surface area contributed by atoms with Crippen LogP contribution in [0.1, 0.15) is 25.3 Å². The van der Waals surface area contributed by atoms with Gasteiger partial charge in [-0.15, -0.1) is 0 Å². The Labute approximate surface area is 169 Å². The number of aromatic nitrogens is 2. The van der Waals surface area contributed by atoms with E-state index < -0.39 is 6.67 Å². The van der Waals surface area contributed by atoms with Crippen LogP contribution in [0.2, 0.25) is 0 Å². The fraction of sp³-hybridized carbons (Fsp3) is 0.364. The lowest BCUT2D eigenvalue weighted by molar-refractivity contribution is 0.359. The van der Waals surface area contributed by atoms with E-state index in [1.165, 1.54) is 0 Å². The first-order chi connectivity index (χ1) is 13.8. The Morgan fingerprint density at radius 2 is 1.96 bits per heavy atom. The van der Waals surface area contributed by atoms with Gasteiger partial charge in [0.1, 0.15) is 6.67 Å². The molecule has 28 heavy (non-hydrogen) atoms. The molecule has 0 unspecified atom stereocenters. The molecule has 0 spiro atoms. The first-order valence-corrected chi connectivity index (χ1v) is 10.7. The number of nitrogens with zero attached hydrogens (tertiary/aromatic N) is 3. The number of nitrogens with one attached hydrogen (secondary N) is 1. The van der Waals surface area contributed by atoms with Crippen molar-refractivity contribution in [2.75, 3.05) is 24.2 Å². The van der Waals surface area contributed by atoms with E-state index in [1.54, 1.807) is 12.4 Å². The average molecular weight is 397 g/mol. The molecule has 1 aromatic carbocycles. The van der Waals surface area contributed by atoms with Crippen molar-refractivity contribution in [3.63, 3.8) is 0 Å². The van der Waals surface area contributed by atoms with Crippen LogP contribution in [0.5, 0.6) is 0 Å². The fourth-order valence-corrected chi connectivity index (χ4v) is 4.57. The molecule has 0 atom stereocenters. The normalized spacial score (nSPS) is 15.8. The van der Waals surface area contributed by atoms with Gasteiger partial charge in [-0.2, -0.15) is 0 Å². The molecule has 0 saturated carbocycles. The van der Waals surface area contributed by atoms with E-state index in [9.17, 15) is 4.39 Å². The van der Waals surface area contributed by atoms with E-state index >= 15 is 0 Å². The summed E-state index contributed by atoms with van der Waals surface area (Å²) in [5.74, 6) is 1.13. The van der Waals surface area contributed by atoms with Gasteiger partial charge in [0.2, 0.25) is 0 Å². The van der Waals surface area contributed by atoms with Gasteiger partial charge < -0.3 is 5.32 Å². The van der Waals surface area contributed by atoms with Crippen molar-refractivity contribution in [3.05, 3.63) is 54.6 Å². The Hall–Kier alpha value is -2.18. The summed E-state index contributed by atoms with van der Waals surface area (Å²) in [4.78, 5) is 8.52. The predicted octanol–water partition coefficient (Wildman–Crippen LogP) is 5.31. The summed E-state index contributed by atoms with van der Waals surface area (Å²) in [5.41, 5.74) is 3.67. The number of fused-ring (bicyclic) bond motifs is 1. The predicted molar refractivity (Wildman–Crippen MR) is 116 cm³/mol. The molecule has 0 aliphatic carbocycles. The molecule has 3 aromatic rings. The number of piperidine rings is 1. The Morgan fingerprint density at radius 3 is 2.75 bits per heavy atom. The number of hydrogen-bond acceptors (Lipinski definition) is 5. The highest BCUT2D eigenvalue weighted by Gasteiger charge is 2.20. The maximum absolute atomic E-state index is 13.1. The van der Waals surface area contributed by atoms with E-state index in [-0.39, 0.29) is 0 Å². The van der Waals surface area contributed by atoms with E-state index in [0.29, 0.717) is 11.6 Å². The monoisotopic (exact) mass is 396 g/mol. The summed E-state index contributed by atoms with van der Waals surface area (Å²) in [5, 5.41) is 6.00. The average Bonchev–Trinajstić information content (AvgIpc) is 2.75. The van der Waals surface area contributed by atoms with Crippen LogP contribution in [0.4, 0.5) is 10.1 Å². The minimum atomic E-state index is -0.502. The SMILES string of the molecule is CCSN1CCC(Nc2cc(-c3cncc(CF)c3)cc3ccncc23)CC1. The summed E-state index contributed by atoms with van der Waals surface area (Å²) in [6.07, 6.45) is 9.35. The van der Waals surface area contributed by atoms with E-state index in [1.807, 2.05) is 36.5 Å². The standard InChI is InChI=1S/C22H25FN4S/c1-2-28-27-7-4-20(5-8-27)26-22-11-18(10-17-3-6-24-15-21(17)22)19-9-16(12-23)13-25-14-19/h3,6,9-11,13-15,20,26H,2,4-5,7-8,12H2,1H3. The molecule has 146 valence electrons. The van der Waals surface area contributed by atoms with Crippen molar-refractivity contribution in [1.29, 1.82) is 0 Å². The maximum Gasteiger partial charge on any atom is 0.116 e. The quantitative estimate of drug-likeness (QED) is 0.572. The molecule has 1 aliphatic rings. The summed E-state index contributed by atoms with van der Waals surface area (Å²) in [6.45, 7) is 3.91. The summed E-state index contributed by atoms with van der Waals surface area (Å²) in [7, 11) is 0. The van der Waals surface area contributed by atoms with Crippen LogP contribution < -0.4 is 5.32 Å². The van der Waals surface area contributed by atoms with E-state index in [4.69, 9.17) is 0 Å². The third-order valence-corrected chi connectivity index (χ3v) is 6.15. The third-order valence-electron chi connectivity index (χ3n) is 5.16. The number of rotatable bonds is 6. The number of hydrogen-bond donors (Lipinski definition) is 1. The van der Waals surface area contributed by atoms with Crippen LogP contribution in [0.15, 0.2) is 49.1 Å². The fourth-order valence-electron chi connectivity index (χ4n) is 3.73. The van der Waals surface area contributed by atoms with E-state index in [2.05, 4.69) is 38.6 Å². The van der Waals surface area contributed by atoms with Crippen molar-refractivity contribution >= 4 is 28.4 Å². The van der Waals surface area contributed by atoms with Crippen molar-refractivity contribution < 1.29 is 4.39 Å². The second-order valence-electron chi connectivity index (χ2n) is 7.10. The lowest BCUT2D eigenvalue weighted by Gasteiger charge is -2.32. The minimum absolute atomic E-state index is 0.447. The molecule has 0 amide bonds. The first-order valence-electron chi connectivity index (χ1n) is 9.79. The molecule has 1 aliphatic heterocycles. The lowest BCUT2D eigenvalue weighted by Crippen LogP contribution is -2.35. The highest BCUT2D eigenvalue weighted by Crippen LogP contribution is 2.32. The molecule has 1 fully saturated rings. The van der Waals surface area contributed by atoms with Crippen LogP contribution in [-0.4, -0.2) is 39.2 Å². The third kappa shape index (κ3) is 4.28. The van der Waals surface area contributed by atoms with Crippen molar-refractivity contribution in [3.8, 4) is 11.1 Å². The Balaban J connectivity index is 1.63. The molecule has 2 aromatic heterocycles. The van der Waals surface area contributed by atoms with Crippen molar-refractivity contribution in [1.82, 2.24) is 14.3 Å². The van der Waals surface area contributed by atoms with Gasteiger partial charge in [-0.3, -0.25) is 14.3 Å². The molecule has 1 saturated heterocycles. The molecule has 3 heterocycles. The van der Waals surface area contributed by atoms with Crippen LogP contribution in [0, 0.1) is 0 Å². The maximum atomic E-state index is 13.1. The van der Waals surface area contributed by atoms with Crippen molar-refractivity contribution in [2.45, 2.75) is 32.5 Å². The number of halogens is 1. The highest BCUT2D eigenvalue weighted by atomic mass is 32.2. The molecular formula is C22H25FN4S. The highest BCUT2D eigenvalue weighted by molar-refractivity contribution is 7.96. The Kier molecular flexibility index (Phi) is 6.07. The van der Waals surface area contributed by atoms with E-state index in [0.717, 1.165) is 59.3 Å². The first kappa shape index (κ1) is 19.2. The summed E-state index contributed by atoms with van der Waals surface area (Å²) >= 11 is 1.92. The van der Waals surface area contributed by atoms with Crippen LogP contribution >= 0.6 is 11.9 Å². The number of pyridine rings is 2. The molecular weight excluding hydrogens is 371 g/mol. The Bertz CT molecular complexity index is 941. The summed E-state index contributed by atoms with van der Waals surface area (Å²) < 4.78 is 15.5. The van der Waals surface area contributed by atoms with Crippen LogP contribution in [0.3, 0.4) is 0 Å². The molecule has 4 rings (SSSR count). The molecule has 4 nitrogen and oxygen atoms in total. The van der Waals surface area contributed by atoms with Gasteiger partial charge in [-0.1, -0.05) is 18.9 Å². The lowest BCUT2D eigenvalue weighted by atomic mass is 9.99. The smallest absolute Gasteiger partial charge is 0.116 e. The summed E-state index contributed by atoms with van der Waals surface area (Å²) in [6, 6.07) is 8.62. The largest absolute Gasteiger partial charge is 0.382 e. The minimum Gasteiger partial charge on any atom is -0.382 e. The van der Waals surface area contributed by atoms with Gasteiger partial charge in [-0.05, 0) is 48.1 Å². The van der Waals surface area contributed by atoms with Gasteiger partial charge in [0.05, 0.1) is 0 Å². The van der Waals surface area contributed by atoms with Gasteiger partial charge in [0.25, 0.3) is 0 Å². The topological polar surface area (TPSA) is 41.0 Å². The molecule has 0 bridgehead atoms. The van der Waals surface area contributed by atoms with Gasteiger partial charge in [0.15, 0.2) is 0 Å². The van der Waals surface area contributed by atoms with Crippen LogP contribution in [-0.2, 0) is 6.67 Å². The zero-order valence-electron chi connectivity index (χ0n) is 16.1. The number of alkyl halides is 1. The van der Waals surface area contributed by atoms with Gasteiger partial charge in [-0.25, -0.2) is 4.39 Å². The van der Waals surface area contributed by atoms with Gasteiger partial charge >= 0.3 is 0 Å². The number of benzene rings is 1. The molecule has 1 N–H and O–H groups in total. The van der Waals surface area contributed by atoms with Crippen LogP contribution in [0.25, 0.3) is 21.9 Å².